The molecule has 0 N–H and O–H groups in total. The summed E-state index contributed by atoms with van der Waals surface area (Å²) in [4.78, 5) is 0. The van der Waals surface area contributed by atoms with Gasteiger partial charge in [-0.2, -0.15) is 0 Å². The zero-order valence-electron chi connectivity index (χ0n) is 11.1. The van der Waals surface area contributed by atoms with E-state index in [0.29, 0.717) is 29.0 Å². The molecule has 0 radical (unpaired) electrons. The third-order valence-electron chi connectivity index (χ3n) is 3.30. The Morgan fingerprint density at radius 3 is 2.48 bits per heavy atom. The molecule has 5 heteroatoms. The maximum Gasteiger partial charge on any atom is 0.161 e. The van der Waals surface area contributed by atoms with Crippen molar-refractivity contribution in [3.05, 3.63) is 57.6 Å². The number of hydrogen-bond donors (Lipinski definition) is 0. The molecule has 1 unspecified atom stereocenters. The number of halogens is 3. The lowest BCUT2D eigenvalue weighted by Crippen LogP contribution is -1.98. The van der Waals surface area contributed by atoms with E-state index >= 15 is 0 Å². The second-order valence-corrected chi connectivity index (χ2v) is 6.07. The standard InChI is InChI=1S/C16H13Cl3O2/c17-11-3-4-13(18)12(9-11)16(19)10-2-5-14-15(8-10)21-7-1-6-20-14/h2-5,8-9,16H,1,6-7H2. The highest BCUT2D eigenvalue weighted by Gasteiger charge is 2.18. The fraction of sp³-hybridized carbons (Fsp3) is 0.250. The van der Waals surface area contributed by atoms with Crippen molar-refractivity contribution < 1.29 is 9.47 Å². The normalized spacial score (nSPS) is 15.4. The second-order valence-electron chi connectivity index (χ2n) is 4.79. The van der Waals surface area contributed by atoms with Gasteiger partial charge in [0.15, 0.2) is 11.5 Å². The van der Waals surface area contributed by atoms with Gasteiger partial charge in [0.2, 0.25) is 0 Å². The average Bonchev–Trinajstić information content (AvgIpc) is 2.73. The van der Waals surface area contributed by atoms with Crippen molar-refractivity contribution in [3.8, 4) is 11.5 Å². The minimum absolute atomic E-state index is 0.395. The molecule has 0 aromatic heterocycles. The largest absolute Gasteiger partial charge is 0.490 e. The second kappa shape index (κ2) is 6.35. The van der Waals surface area contributed by atoms with Crippen molar-refractivity contribution in [2.45, 2.75) is 11.8 Å². The van der Waals surface area contributed by atoms with Crippen LogP contribution in [0.4, 0.5) is 0 Å². The average molecular weight is 344 g/mol. The van der Waals surface area contributed by atoms with Crippen molar-refractivity contribution in [2.24, 2.45) is 0 Å². The van der Waals surface area contributed by atoms with Gasteiger partial charge in [-0.15, -0.1) is 11.6 Å². The number of alkyl halides is 1. The first-order valence-corrected chi connectivity index (χ1v) is 7.83. The Hall–Kier alpha value is -1.09. The molecule has 0 spiro atoms. The van der Waals surface area contributed by atoms with Crippen LogP contribution in [-0.2, 0) is 0 Å². The third-order valence-corrected chi connectivity index (χ3v) is 4.36. The van der Waals surface area contributed by atoms with Crippen LogP contribution in [-0.4, -0.2) is 13.2 Å². The molecule has 0 amide bonds. The van der Waals surface area contributed by atoms with E-state index in [1.807, 2.05) is 18.2 Å². The van der Waals surface area contributed by atoms with Crippen LogP contribution in [0, 0.1) is 0 Å². The molecule has 0 bridgehead atoms. The van der Waals surface area contributed by atoms with Gasteiger partial charge in [0.1, 0.15) is 0 Å². The summed E-state index contributed by atoms with van der Waals surface area (Å²) in [6, 6.07) is 11.0. The Kier molecular flexibility index (Phi) is 4.48. The Balaban J connectivity index is 1.96. The van der Waals surface area contributed by atoms with Gasteiger partial charge in [-0.3, -0.25) is 0 Å². The summed E-state index contributed by atoms with van der Waals surface area (Å²) in [5.74, 6) is 1.46. The van der Waals surface area contributed by atoms with E-state index < -0.39 is 5.38 Å². The Labute approximate surface area is 138 Å². The van der Waals surface area contributed by atoms with Gasteiger partial charge >= 0.3 is 0 Å². The van der Waals surface area contributed by atoms with Crippen LogP contribution in [0.1, 0.15) is 22.9 Å². The molecule has 0 saturated carbocycles. The first-order chi connectivity index (χ1) is 10.1. The van der Waals surface area contributed by atoms with Gasteiger partial charge in [-0.05, 0) is 41.5 Å². The number of hydrogen-bond acceptors (Lipinski definition) is 2. The number of benzene rings is 2. The summed E-state index contributed by atoms with van der Waals surface area (Å²) >= 11 is 18.8. The number of ether oxygens (including phenoxy) is 2. The Bertz CT molecular complexity index is 658. The zero-order valence-corrected chi connectivity index (χ0v) is 13.4. The Morgan fingerprint density at radius 1 is 0.905 bits per heavy atom. The molecule has 3 rings (SSSR count). The van der Waals surface area contributed by atoms with E-state index in [0.717, 1.165) is 23.3 Å². The van der Waals surface area contributed by atoms with Gasteiger partial charge in [0.05, 0.1) is 18.6 Å². The molecule has 1 heterocycles. The predicted octanol–water partition coefficient (Wildman–Crippen LogP) is 5.48. The van der Waals surface area contributed by atoms with Gasteiger partial charge in [0.25, 0.3) is 0 Å². The zero-order chi connectivity index (χ0) is 14.8. The first-order valence-electron chi connectivity index (χ1n) is 6.64. The van der Waals surface area contributed by atoms with Crippen LogP contribution in [0.5, 0.6) is 11.5 Å². The lowest BCUT2D eigenvalue weighted by Gasteiger charge is -2.15. The van der Waals surface area contributed by atoms with Gasteiger partial charge in [-0.1, -0.05) is 29.3 Å². The minimum Gasteiger partial charge on any atom is -0.490 e. The summed E-state index contributed by atoms with van der Waals surface area (Å²) in [7, 11) is 0. The van der Waals surface area contributed by atoms with Crippen molar-refractivity contribution in [1.29, 1.82) is 0 Å². The fourth-order valence-electron chi connectivity index (χ4n) is 2.23. The van der Waals surface area contributed by atoms with Crippen molar-refractivity contribution in [3.63, 3.8) is 0 Å². The number of rotatable bonds is 2. The highest BCUT2D eigenvalue weighted by atomic mass is 35.5. The molecule has 2 nitrogen and oxygen atoms in total. The van der Waals surface area contributed by atoms with Crippen molar-refractivity contribution in [1.82, 2.24) is 0 Å². The van der Waals surface area contributed by atoms with Crippen LogP contribution >= 0.6 is 34.8 Å². The molecule has 2 aromatic carbocycles. The lowest BCUT2D eigenvalue weighted by atomic mass is 10.0. The summed E-state index contributed by atoms with van der Waals surface area (Å²) in [6.07, 6.45) is 0.869. The topological polar surface area (TPSA) is 18.5 Å². The fourth-order valence-corrected chi connectivity index (χ4v) is 3.01. The monoisotopic (exact) mass is 342 g/mol. The summed E-state index contributed by atoms with van der Waals surface area (Å²) in [6.45, 7) is 1.30. The van der Waals surface area contributed by atoms with Gasteiger partial charge in [-0.25, -0.2) is 0 Å². The van der Waals surface area contributed by atoms with Crippen LogP contribution in [0.25, 0.3) is 0 Å². The van der Waals surface area contributed by atoms with Crippen LogP contribution in [0.15, 0.2) is 36.4 Å². The molecule has 0 saturated heterocycles. The third kappa shape index (κ3) is 3.23. The molecule has 1 atom stereocenters. The Morgan fingerprint density at radius 2 is 1.67 bits per heavy atom. The van der Waals surface area contributed by atoms with Crippen LogP contribution in [0.3, 0.4) is 0 Å². The predicted molar refractivity (Wildman–Crippen MR) is 86.2 cm³/mol. The summed E-state index contributed by atoms with van der Waals surface area (Å²) in [5, 5.41) is 0.800. The molecule has 1 aliphatic heterocycles. The van der Waals surface area contributed by atoms with E-state index in [1.54, 1.807) is 18.2 Å². The maximum absolute atomic E-state index is 6.55. The quantitative estimate of drug-likeness (QED) is 0.672. The highest BCUT2D eigenvalue weighted by molar-refractivity contribution is 6.35. The minimum atomic E-state index is -0.395. The molecular formula is C16H13Cl3O2. The highest BCUT2D eigenvalue weighted by Crippen LogP contribution is 2.39. The van der Waals surface area contributed by atoms with E-state index in [9.17, 15) is 0 Å². The summed E-state index contributed by atoms with van der Waals surface area (Å²) in [5.41, 5.74) is 1.67. The van der Waals surface area contributed by atoms with E-state index in [4.69, 9.17) is 44.3 Å². The van der Waals surface area contributed by atoms with E-state index in [1.165, 1.54) is 0 Å². The van der Waals surface area contributed by atoms with E-state index in [2.05, 4.69) is 0 Å². The smallest absolute Gasteiger partial charge is 0.161 e. The lowest BCUT2D eigenvalue weighted by molar-refractivity contribution is 0.297. The van der Waals surface area contributed by atoms with E-state index in [-0.39, 0.29) is 0 Å². The van der Waals surface area contributed by atoms with Gasteiger partial charge in [0, 0.05) is 16.5 Å². The van der Waals surface area contributed by atoms with Crippen LogP contribution < -0.4 is 9.47 Å². The molecule has 110 valence electrons. The molecular weight excluding hydrogens is 331 g/mol. The molecule has 0 aliphatic carbocycles. The molecule has 21 heavy (non-hydrogen) atoms. The molecule has 2 aromatic rings. The van der Waals surface area contributed by atoms with Crippen molar-refractivity contribution in [2.75, 3.05) is 13.2 Å². The maximum atomic E-state index is 6.55. The SMILES string of the molecule is Clc1ccc(Cl)c(C(Cl)c2ccc3c(c2)OCCCO3)c1. The number of fused-ring (bicyclic) bond motifs is 1. The molecule has 0 fully saturated rings. The first kappa shape index (κ1) is 14.8. The van der Waals surface area contributed by atoms with Crippen LogP contribution in [0.2, 0.25) is 10.0 Å². The summed E-state index contributed by atoms with van der Waals surface area (Å²) < 4.78 is 11.3. The molecule has 1 aliphatic rings. The van der Waals surface area contributed by atoms with Crippen molar-refractivity contribution >= 4 is 34.8 Å². The van der Waals surface area contributed by atoms with Gasteiger partial charge < -0.3 is 9.47 Å².